The lowest BCUT2D eigenvalue weighted by atomic mass is 10.1. The van der Waals surface area contributed by atoms with Gasteiger partial charge in [0.05, 0.1) is 13.0 Å². The highest BCUT2D eigenvalue weighted by Gasteiger charge is 2.29. The average Bonchev–Trinajstić information content (AvgIpc) is 3.06. The first kappa shape index (κ1) is 14.3. The molecular formula is C16H18N4O2. The number of rotatable bonds is 4. The molecule has 1 saturated heterocycles. The average molecular weight is 298 g/mol. The minimum absolute atomic E-state index is 0.0379. The Bertz CT molecular complexity index is 630. The Morgan fingerprint density at radius 3 is 2.82 bits per heavy atom. The van der Waals surface area contributed by atoms with Gasteiger partial charge >= 0.3 is 0 Å². The van der Waals surface area contributed by atoms with Crippen LogP contribution in [0.4, 0.5) is 11.5 Å². The number of nitrogens with zero attached hydrogens (tertiary/aromatic N) is 3. The van der Waals surface area contributed by atoms with Crippen LogP contribution in [0.5, 0.6) is 5.75 Å². The number of aromatic nitrogens is 2. The fourth-order valence-corrected chi connectivity index (χ4v) is 2.56. The Morgan fingerprint density at radius 2 is 2.14 bits per heavy atom. The lowest BCUT2D eigenvalue weighted by molar-refractivity contribution is -0.119. The summed E-state index contributed by atoms with van der Waals surface area (Å²) in [5, 5.41) is 10.9. The molecule has 6 nitrogen and oxygen atoms in total. The number of carbonyl (C=O) groups excluding carboxylic acids is 1. The number of hydrogen-bond acceptors (Lipinski definition) is 5. The van der Waals surface area contributed by atoms with Gasteiger partial charge in [-0.25, -0.2) is 0 Å². The van der Waals surface area contributed by atoms with E-state index in [1.807, 2.05) is 36.4 Å². The second-order valence-corrected chi connectivity index (χ2v) is 5.23. The van der Waals surface area contributed by atoms with E-state index in [1.54, 1.807) is 13.3 Å². The van der Waals surface area contributed by atoms with Crippen LogP contribution < -0.4 is 15.0 Å². The Kier molecular flexibility index (Phi) is 4.18. The quantitative estimate of drug-likeness (QED) is 0.934. The van der Waals surface area contributed by atoms with Crippen molar-refractivity contribution in [1.29, 1.82) is 0 Å². The van der Waals surface area contributed by atoms with E-state index in [-0.39, 0.29) is 11.8 Å². The monoisotopic (exact) mass is 298 g/mol. The zero-order valence-corrected chi connectivity index (χ0v) is 12.4. The van der Waals surface area contributed by atoms with E-state index in [0.29, 0.717) is 6.54 Å². The second kappa shape index (κ2) is 6.43. The molecule has 1 amide bonds. The van der Waals surface area contributed by atoms with Gasteiger partial charge in [0.25, 0.3) is 0 Å². The lowest BCUT2D eigenvalue weighted by Crippen LogP contribution is -2.27. The minimum Gasteiger partial charge on any atom is -0.497 e. The number of ether oxygens (including phenoxy) is 1. The summed E-state index contributed by atoms with van der Waals surface area (Å²) < 4.78 is 5.10. The van der Waals surface area contributed by atoms with Crippen LogP contribution in [-0.4, -0.2) is 36.3 Å². The van der Waals surface area contributed by atoms with Gasteiger partial charge in [-0.1, -0.05) is 0 Å². The van der Waals surface area contributed by atoms with Gasteiger partial charge in [0.1, 0.15) is 5.75 Å². The van der Waals surface area contributed by atoms with Gasteiger partial charge in [-0.15, -0.1) is 5.10 Å². The molecule has 1 fully saturated rings. The molecule has 22 heavy (non-hydrogen) atoms. The van der Waals surface area contributed by atoms with Gasteiger partial charge in [0.15, 0.2) is 5.82 Å². The van der Waals surface area contributed by atoms with Gasteiger partial charge in [-0.2, -0.15) is 5.10 Å². The molecule has 1 atom stereocenters. The van der Waals surface area contributed by atoms with E-state index in [1.165, 1.54) is 0 Å². The third-order valence-corrected chi connectivity index (χ3v) is 3.80. The van der Waals surface area contributed by atoms with E-state index in [2.05, 4.69) is 20.4 Å². The van der Waals surface area contributed by atoms with Crippen molar-refractivity contribution in [2.45, 2.75) is 6.42 Å². The molecule has 1 aliphatic rings. The smallest absolute Gasteiger partial charge is 0.229 e. The molecule has 0 radical (unpaired) electrons. The first-order valence-electron chi connectivity index (χ1n) is 7.24. The molecule has 2 aromatic rings. The molecule has 2 heterocycles. The summed E-state index contributed by atoms with van der Waals surface area (Å²) >= 11 is 0. The minimum atomic E-state index is -0.0379. The van der Waals surface area contributed by atoms with E-state index >= 15 is 0 Å². The SMILES string of the molecule is COc1ccc(NC(=O)[C@@H]2CCN(c3cccnn3)C2)cc1. The van der Waals surface area contributed by atoms with E-state index < -0.39 is 0 Å². The molecule has 114 valence electrons. The molecule has 0 spiro atoms. The van der Waals surface area contributed by atoms with Crippen LogP contribution in [0.2, 0.25) is 0 Å². The maximum absolute atomic E-state index is 12.3. The van der Waals surface area contributed by atoms with E-state index in [0.717, 1.165) is 30.2 Å². The summed E-state index contributed by atoms with van der Waals surface area (Å²) in [6.45, 7) is 1.49. The predicted molar refractivity (Wildman–Crippen MR) is 84.0 cm³/mol. The number of anilines is 2. The summed E-state index contributed by atoms with van der Waals surface area (Å²) in [5.74, 6) is 1.59. The lowest BCUT2D eigenvalue weighted by Gasteiger charge is -2.16. The summed E-state index contributed by atoms with van der Waals surface area (Å²) in [7, 11) is 1.62. The van der Waals surface area contributed by atoms with Crippen LogP contribution in [-0.2, 0) is 4.79 Å². The number of hydrogen-bond donors (Lipinski definition) is 1. The summed E-state index contributed by atoms with van der Waals surface area (Å²) in [4.78, 5) is 14.4. The highest BCUT2D eigenvalue weighted by molar-refractivity contribution is 5.93. The van der Waals surface area contributed by atoms with Crippen molar-refractivity contribution in [3.8, 4) is 5.75 Å². The first-order valence-corrected chi connectivity index (χ1v) is 7.24. The molecule has 0 aliphatic carbocycles. The fraction of sp³-hybridized carbons (Fsp3) is 0.312. The number of methoxy groups -OCH3 is 1. The van der Waals surface area contributed by atoms with Crippen molar-refractivity contribution in [3.63, 3.8) is 0 Å². The van der Waals surface area contributed by atoms with Crippen LogP contribution in [0.3, 0.4) is 0 Å². The Hall–Kier alpha value is -2.63. The molecule has 6 heteroatoms. The van der Waals surface area contributed by atoms with Crippen molar-refractivity contribution in [3.05, 3.63) is 42.6 Å². The van der Waals surface area contributed by atoms with Crippen molar-refractivity contribution >= 4 is 17.4 Å². The zero-order valence-electron chi connectivity index (χ0n) is 12.4. The maximum Gasteiger partial charge on any atom is 0.229 e. The van der Waals surface area contributed by atoms with Crippen molar-refractivity contribution in [2.24, 2.45) is 5.92 Å². The maximum atomic E-state index is 12.3. The molecule has 1 aliphatic heterocycles. The number of carbonyl (C=O) groups is 1. The zero-order chi connectivity index (χ0) is 15.4. The van der Waals surface area contributed by atoms with Crippen molar-refractivity contribution < 1.29 is 9.53 Å². The van der Waals surface area contributed by atoms with Crippen molar-refractivity contribution in [1.82, 2.24) is 10.2 Å². The van der Waals surface area contributed by atoms with Crippen LogP contribution in [0.25, 0.3) is 0 Å². The highest BCUT2D eigenvalue weighted by atomic mass is 16.5. The van der Waals surface area contributed by atoms with Crippen LogP contribution in [0.1, 0.15) is 6.42 Å². The third-order valence-electron chi connectivity index (χ3n) is 3.80. The predicted octanol–water partition coefficient (Wildman–Crippen LogP) is 1.95. The number of benzene rings is 1. The molecule has 0 bridgehead atoms. The standard InChI is InChI=1S/C16H18N4O2/c1-22-14-6-4-13(5-7-14)18-16(21)12-8-10-20(11-12)15-3-2-9-17-19-15/h2-7,9,12H,8,10-11H2,1H3,(H,18,21)/t12-/m1/s1. The topological polar surface area (TPSA) is 67.3 Å². The second-order valence-electron chi connectivity index (χ2n) is 5.23. The Morgan fingerprint density at radius 1 is 1.32 bits per heavy atom. The number of nitrogens with one attached hydrogen (secondary N) is 1. The molecule has 0 unspecified atom stereocenters. The van der Waals surface area contributed by atoms with Gasteiger partial charge in [0, 0.05) is 25.0 Å². The van der Waals surface area contributed by atoms with Crippen LogP contribution in [0, 0.1) is 5.92 Å². The number of amides is 1. The van der Waals surface area contributed by atoms with E-state index in [9.17, 15) is 4.79 Å². The molecule has 1 aromatic carbocycles. The van der Waals surface area contributed by atoms with E-state index in [4.69, 9.17) is 4.74 Å². The van der Waals surface area contributed by atoms with Crippen molar-refractivity contribution in [2.75, 3.05) is 30.4 Å². The first-order chi connectivity index (χ1) is 10.8. The highest BCUT2D eigenvalue weighted by Crippen LogP contribution is 2.23. The molecule has 1 N–H and O–H groups in total. The summed E-state index contributed by atoms with van der Waals surface area (Å²) in [5.41, 5.74) is 0.781. The summed E-state index contributed by atoms with van der Waals surface area (Å²) in [6, 6.07) is 11.1. The fourth-order valence-electron chi connectivity index (χ4n) is 2.56. The Labute approximate surface area is 129 Å². The molecular weight excluding hydrogens is 280 g/mol. The van der Waals surface area contributed by atoms with Gasteiger partial charge in [-0.3, -0.25) is 4.79 Å². The summed E-state index contributed by atoms with van der Waals surface area (Å²) in [6.07, 6.45) is 2.46. The molecule has 3 rings (SSSR count). The third kappa shape index (κ3) is 3.16. The van der Waals surface area contributed by atoms with Gasteiger partial charge < -0.3 is 15.0 Å². The largest absolute Gasteiger partial charge is 0.497 e. The van der Waals surface area contributed by atoms with Crippen LogP contribution in [0.15, 0.2) is 42.6 Å². The Balaban J connectivity index is 1.59. The normalized spacial score (nSPS) is 17.3. The van der Waals surface area contributed by atoms with Gasteiger partial charge in [0.2, 0.25) is 5.91 Å². The van der Waals surface area contributed by atoms with Gasteiger partial charge in [-0.05, 0) is 42.8 Å². The van der Waals surface area contributed by atoms with Crippen LogP contribution >= 0.6 is 0 Å². The molecule has 0 saturated carbocycles. The molecule has 1 aromatic heterocycles.